The van der Waals surface area contributed by atoms with E-state index in [1.165, 1.54) is 0 Å². The highest BCUT2D eigenvalue weighted by Gasteiger charge is 2.47. The largest absolute Gasteiger partial charge is 0.497 e. The Morgan fingerprint density at radius 1 is 0.925 bits per heavy atom. The number of rotatable bonds is 18. The third-order valence-corrected chi connectivity index (χ3v) is 14.6. The Hall–Kier alpha value is -6.14. The lowest BCUT2D eigenvalue weighted by Crippen LogP contribution is -2.56. The summed E-state index contributed by atoms with van der Waals surface area (Å²) in [5.74, 6) is 5.55. The van der Waals surface area contributed by atoms with E-state index in [1.807, 2.05) is 77.4 Å². The molecule has 0 radical (unpaired) electrons. The zero-order chi connectivity index (χ0) is 47.8. The van der Waals surface area contributed by atoms with Crippen molar-refractivity contribution >= 4 is 17.7 Å². The van der Waals surface area contributed by atoms with E-state index in [0.29, 0.717) is 41.0 Å². The number of methoxy groups -OCH3 is 2. The Morgan fingerprint density at radius 3 is 2.25 bits per heavy atom. The van der Waals surface area contributed by atoms with Gasteiger partial charge in [0.05, 0.1) is 32.2 Å². The Balaban J connectivity index is 1.09. The van der Waals surface area contributed by atoms with Crippen LogP contribution in [0.2, 0.25) is 0 Å². The van der Waals surface area contributed by atoms with Crippen LogP contribution in [0.3, 0.4) is 0 Å². The van der Waals surface area contributed by atoms with Gasteiger partial charge in [0.2, 0.25) is 0 Å². The van der Waals surface area contributed by atoms with E-state index in [2.05, 4.69) is 49.0 Å². The van der Waals surface area contributed by atoms with Crippen LogP contribution in [0.5, 0.6) is 11.5 Å². The van der Waals surface area contributed by atoms with E-state index in [1.54, 1.807) is 20.4 Å². The first-order valence-electron chi connectivity index (χ1n) is 24.1. The van der Waals surface area contributed by atoms with Crippen molar-refractivity contribution < 1.29 is 29.0 Å². The molecule has 1 aromatic heterocycles. The van der Waals surface area contributed by atoms with E-state index in [9.17, 15) is 19.5 Å². The van der Waals surface area contributed by atoms with Gasteiger partial charge in [0.1, 0.15) is 23.8 Å². The van der Waals surface area contributed by atoms with Crippen molar-refractivity contribution in [3.8, 4) is 36.2 Å². The Morgan fingerprint density at radius 2 is 1.63 bits per heavy atom. The molecule has 0 bridgehead atoms. The Bertz CT molecular complexity index is 2440. The zero-order valence-corrected chi connectivity index (χ0v) is 39.8. The number of nitrogens with one attached hydrogen (secondary N) is 2. The number of hydrogen-bond donors (Lipinski definition) is 3. The van der Waals surface area contributed by atoms with Gasteiger partial charge in [-0.25, -0.2) is 0 Å². The lowest BCUT2D eigenvalue weighted by Gasteiger charge is -2.50. The van der Waals surface area contributed by atoms with Crippen LogP contribution in [0.15, 0.2) is 90.7 Å². The molecule has 2 unspecified atom stereocenters. The maximum Gasteiger partial charge on any atom is 0.299 e. The van der Waals surface area contributed by atoms with Crippen molar-refractivity contribution in [2.45, 2.75) is 140 Å². The molecule has 2 aliphatic heterocycles. The van der Waals surface area contributed by atoms with E-state index in [4.69, 9.17) is 27.3 Å². The summed E-state index contributed by atoms with van der Waals surface area (Å²) in [4.78, 5) is 49.9. The molecule has 6 atom stereocenters. The third-order valence-electron chi connectivity index (χ3n) is 14.6. The van der Waals surface area contributed by atoms with E-state index in [0.717, 1.165) is 92.2 Å². The van der Waals surface area contributed by atoms with Crippen LogP contribution in [0.1, 0.15) is 135 Å². The number of nitrogens with zero attached hydrogens (tertiary/aromatic N) is 3. The topological polar surface area (TPSA) is 133 Å². The number of carbonyl (C=O) groups excluding carboxylic acids is 3. The summed E-state index contributed by atoms with van der Waals surface area (Å²) >= 11 is 0. The lowest BCUT2D eigenvalue weighted by molar-refractivity contribution is -0.133. The maximum atomic E-state index is 14.0. The Labute approximate surface area is 397 Å². The predicted molar refractivity (Wildman–Crippen MR) is 262 cm³/mol. The van der Waals surface area contributed by atoms with Gasteiger partial charge in [-0.3, -0.25) is 24.7 Å². The lowest BCUT2D eigenvalue weighted by atomic mass is 9.66. The molecule has 3 aromatic rings. The summed E-state index contributed by atoms with van der Waals surface area (Å²) in [6.45, 7) is 10.7. The number of allylic oxidation sites excluding steroid dienone is 1. The van der Waals surface area contributed by atoms with Gasteiger partial charge in [0, 0.05) is 29.7 Å². The first kappa shape index (κ1) is 48.8. The van der Waals surface area contributed by atoms with Crippen LogP contribution in [0.25, 0.3) is 0 Å². The average molecular weight is 906 g/mol. The fraction of sp³-hybridized carbons (Fsp3) is 0.464. The van der Waals surface area contributed by atoms with E-state index >= 15 is 0 Å². The number of amides is 3. The number of unbranched alkanes of at least 4 members (excludes halogenated alkanes) is 1. The monoisotopic (exact) mass is 906 g/mol. The number of hydrogen-bond acceptors (Lipinski definition) is 8. The number of aliphatic hydroxyl groups is 1. The molecule has 0 spiro atoms. The number of pyridine rings is 1. The van der Waals surface area contributed by atoms with Gasteiger partial charge >= 0.3 is 0 Å². The summed E-state index contributed by atoms with van der Waals surface area (Å²) in [6.07, 6.45) is 28.6. The van der Waals surface area contributed by atoms with Crippen LogP contribution in [0.4, 0.5) is 0 Å². The average Bonchev–Trinajstić information content (AvgIpc) is 3.32. The fourth-order valence-electron chi connectivity index (χ4n) is 10.8. The molecule has 0 saturated heterocycles. The van der Waals surface area contributed by atoms with Gasteiger partial charge in [-0.1, -0.05) is 82.5 Å². The Kier molecular flexibility index (Phi) is 16.1. The quantitative estimate of drug-likeness (QED) is 0.0660. The molecule has 11 nitrogen and oxygen atoms in total. The fourth-order valence-corrected chi connectivity index (χ4v) is 10.8. The number of aliphatic hydroxyl groups excluding tert-OH is 1. The minimum Gasteiger partial charge on any atom is -0.497 e. The molecular weight excluding hydrogens is 839 g/mol. The van der Waals surface area contributed by atoms with Gasteiger partial charge in [0.25, 0.3) is 17.7 Å². The van der Waals surface area contributed by atoms with Gasteiger partial charge in [-0.05, 0) is 146 Å². The molecule has 4 aliphatic rings. The van der Waals surface area contributed by atoms with Crippen molar-refractivity contribution in [1.29, 1.82) is 0 Å². The van der Waals surface area contributed by atoms with E-state index < -0.39 is 24.2 Å². The molecule has 2 aromatic carbocycles. The molecule has 2 aliphatic carbocycles. The van der Waals surface area contributed by atoms with Crippen LogP contribution in [-0.2, 0) is 22.4 Å². The summed E-state index contributed by atoms with van der Waals surface area (Å²) in [5.41, 5.74) is 6.53. The normalized spacial score (nSPS) is 23.3. The maximum absolute atomic E-state index is 14.0. The second kappa shape index (κ2) is 22.1. The molecule has 7 rings (SSSR count). The molecule has 2 fully saturated rings. The summed E-state index contributed by atoms with van der Waals surface area (Å²) < 4.78 is 11.2. The predicted octanol–water partition coefficient (Wildman–Crippen LogP) is 8.34. The molecular formula is C56H67N5O6. The number of fused-ring (bicyclic) bond motifs is 2. The third kappa shape index (κ3) is 10.5. The van der Waals surface area contributed by atoms with Crippen LogP contribution in [-0.4, -0.2) is 82.2 Å². The van der Waals surface area contributed by atoms with Gasteiger partial charge in [-0.15, -0.1) is 12.8 Å². The number of terminal acetylenes is 2. The second-order valence-electron chi connectivity index (χ2n) is 18.6. The minimum atomic E-state index is -0.831. The number of benzene rings is 2. The highest BCUT2D eigenvalue weighted by atomic mass is 16.5. The second-order valence-corrected chi connectivity index (χ2v) is 18.6. The number of ether oxygens (including phenoxy) is 2. The summed E-state index contributed by atoms with van der Waals surface area (Å²) in [5, 5.41) is 17.6. The van der Waals surface area contributed by atoms with Gasteiger partial charge < -0.3 is 29.7 Å². The van der Waals surface area contributed by atoms with Crippen molar-refractivity contribution in [2.24, 2.45) is 11.8 Å². The zero-order valence-electron chi connectivity index (χ0n) is 39.8. The number of carbonyl (C=O) groups is 3. The molecule has 3 amide bonds. The molecule has 3 N–H and O–H groups in total. The minimum absolute atomic E-state index is 0.0536. The SMILES string of the molecule is C#CC(=O)N1[C@@H](CCCC)Cc2cc(OC)ccc2[C@@H]1c1ccc(C(=O)NC2CC(C(CCC)[C@H]3Cc4cc(OC)cnc4[C@H](C(=C)/C=C\C(=C/C)C(O)NC4CCC4)N3C(=O)C#C)C2)cc1. The van der Waals surface area contributed by atoms with Gasteiger partial charge in [-0.2, -0.15) is 0 Å². The first-order chi connectivity index (χ1) is 32.5. The van der Waals surface area contributed by atoms with Crippen molar-refractivity contribution in [1.82, 2.24) is 25.4 Å². The van der Waals surface area contributed by atoms with Gasteiger partial charge in [0.15, 0.2) is 0 Å². The van der Waals surface area contributed by atoms with Crippen molar-refractivity contribution in [3.63, 3.8) is 0 Å². The molecule has 11 heteroatoms. The summed E-state index contributed by atoms with van der Waals surface area (Å²) in [7, 11) is 3.27. The van der Waals surface area contributed by atoms with Crippen molar-refractivity contribution in [3.05, 3.63) is 124 Å². The molecule has 352 valence electrons. The summed E-state index contributed by atoms with van der Waals surface area (Å²) in [6, 6.07) is 14.4. The van der Waals surface area contributed by atoms with E-state index in [-0.39, 0.29) is 47.8 Å². The molecule has 3 heterocycles. The highest BCUT2D eigenvalue weighted by Crippen LogP contribution is 2.47. The number of aromatic nitrogens is 1. The highest BCUT2D eigenvalue weighted by molar-refractivity contribution is 5.95. The van der Waals surface area contributed by atoms with Crippen molar-refractivity contribution in [2.75, 3.05) is 14.2 Å². The standard InChI is InChI=1S/C56H67N5O6/c1-9-14-19-44-30-40-31-45(66-7)26-27-48(40)54(60(44)50(62)12-4)37-22-24-38(25-23-37)56(65)59-43-28-39(29-43)47(16-10-2)49-33-41-32-46(67-8)34-57-52(41)53(61(49)51(63)13-5)35(6)20-21-36(11-3)55(64)58-42-17-15-18-42/h4-5,11,20-27,31-32,34,39,42-44,47,49,53-55,58,64H,6,9-10,14-19,28-30,33H2,1-3,7-8H3,(H,59,65)/b21-20-,36-11+/t39?,43?,44-,47?,49+,53-,54-,55?/m0/s1. The molecule has 2 saturated carbocycles. The van der Waals surface area contributed by atoms with Crippen LogP contribution in [0, 0.1) is 36.5 Å². The first-order valence-corrected chi connectivity index (χ1v) is 24.1. The van der Waals surface area contributed by atoms with Crippen LogP contribution < -0.4 is 20.1 Å². The molecule has 67 heavy (non-hydrogen) atoms. The van der Waals surface area contributed by atoms with Crippen LogP contribution >= 0.6 is 0 Å². The smallest absolute Gasteiger partial charge is 0.299 e.